The van der Waals surface area contributed by atoms with Crippen molar-refractivity contribution in [3.05, 3.63) is 30.1 Å². The van der Waals surface area contributed by atoms with Crippen LogP contribution in [0.3, 0.4) is 0 Å². The highest BCUT2D eigenvalue weighted by molar-refractivity contribution is 5.94. The summed E-state index contributed by atoms with van der Waals surface area (Å²) in [4.78, 5) is 29.0. The van der Waals surface area contributed by atoms with E-state index in [1.807, 2.05) is 11.8 Å². The Hall–Kier alpha value is -1.95. The Morgan fingerprint density at radius 2 is 1.84 bits per heavy atom. The normalized spacial score (nSPS) is 20.5. The highest BCUT2D eigenvalue weighted by atomic mass is 19.1. The summed E-state index contributed by atoms with van der Waals surface area (Å²) in [7, 11) is 0. The largest absolute Gasteiger partial charge is 0.342 e. The van der Waals surface area contributed by atoms with Gasteiger partial charge in [-0.2, -0.15) is 0 Å². The summed E-state index contributed by atoms with van der Waals surface area (Å²) in [5.41, 5.74) is 0.468. The van der Waals surface area contributed by atoms with E-state index in [-0.39, 0.29) is 29.6 Å². The summed E-state index contributed by atoms with van der Waals surface area (Å²) in [5.74, 6) is -0.136. The van der Waals surface area contributed by atoms with Crippen LogP contribution in [0, 0.1) is 11.7 Å². The average molecular weight is 347 g/mol. The van der Waals surface area contributed by atoms with Gasteiger partial charge in [-0.25, -0.2) is 4.39 Å². The third kappa shape index (κ3) is 4.37. The number of likely N-dealkylation sites (tertiary alicyclic amines) is 2. The summed E-state index contributed by atoms with van der Waals surface area (Å²) in [6.45, 7) is 5.12. The van der Waals surface area contributed by atoms with Gasteiger partial charge in [0.25, 0.3) is 0 Å². The molecule has 0 aliphatic carbocycles. The van der Waals surface area contributed by atoms with Crippen molar-refractivity contribution >= 4 is 17.5 Å². The number of hydrogen-bond acceptors (Lipinski definition) is 3. The second-order valence-corrected chi connectivity index (χ2v) is 7.02. The maximum absolute atomic E-state index is 13.2. The van der Waals surface area contributed by atoms with Crippen molar-refractivity contribution in [1.29, 1.82) is 0 Å². The zero-order valence-corrected chi connectivity index (χ0v) is 14.7. The van der Waals surface area contributed by atoms with E-state index in [4.69, 9.17) is 0 Å². The van der Waals surface area contributed by atoms with Crippen LogP contribution in [-0.2, 0) is 9.59 Å². The number of anilines is 1. The van der Waals surface area contributed by atoms with Crippen LogP contribution in [0.5, 0.6) is 0 Å². The fourth-order valence-electron chi connectivity index (χ4n) is 3.71. The van der Waals surface area contributed by atoms with Gasteiger partial charge in [0.1, 0.15) is 5.82 Å². The van der Waals surface area contributed by atoms with Crippen LogP contribution in [0.1, 0.15) is 32.6 Å². The molecule has 2 heterocycles. The van der Waals surface area contributed by atoms with Crippen LogP contribution in [0.25, 0.3) is 0 Å². The first kappa shape index (κ1) is 17.9. The molecule has 0 bridgehead atoms. The Morgan fingerprint density at radius 3 is 2.48 bits per heavy atom. The Balaban J connectivity index is 1.49. The van der Waals surface area contributed by atoms with E-state index in [1.165, 1.54) is 12.1 Å². The molecule has 25 heavy (non-hydrogen) atoms. The molecule has 1 aromatic rings. The summed E-state index contributed by atoms with van der Waals surface area (Å²) in [5, 5.41) is 2.76. The minimum absolute atomic E-state index is 0.0906. The summed E-state index contributed by atoms with van der Waals surface area (Å²) in [6, 6.07) is 5.61. The van der Waals surface area contributed by atoms with Gasteiger partial charge in [-0.3, -0.25) is 14.5 Å². The predicted octanol–water partition coefficient (Wildman–Crippen LogP) is 2.49. The van der Waals surface area contributed by atoms with Crippen molar-refractivity contribution in [2.75, 3.05) is 31.5 Å². The first-order valence-electron chi connectivity index (χ1n) is 9.14. The van der Waals surface area contributed by atoms with Gasteiger partial charge in [-0.15, -0.1) is 0 Å². The van der Waals surface area contributed by atoms with Crippen LogP contribution in [0.15, 0.2) is 24.3 Å². The predicted molar refractivity (Wildman–Crippen MR) is 94.6 cm³/mol. The molecule has 0 radical (unpaired) electrons. The van der Waals surface area contributed by atoms with Gasteiger partial charge in [0.15, 0.2) is 0 Å². The van der Waals surface area contributed by atoms with E-state index in [0.29, 0.717) is 5.69 Å². The van der Waals surface area contributed by atoms with Gasteiger partial charge in [0, 0.05) is 24.7 Å². The molecule has 136 valence electrons. The van der Waals surface area contributed by atoms with E-state index in [2.05, 4.69) is 10.2 Å². The average Bonchev–Trinajstić information content (AvgIpc) is 3.15. The van der Waals surface area contributed by atoms with Crippen LogP contribution >= 0.6 is 0 Å². The monoisotopic (exact) mass is 347 g/mol. The zero-order chi connectivity index (χ0) is 17.8. The van der Waals surface area contributed by atoms with Crippen LogP contribution in [0.2, 0.25) is 0 Å². The molecule has 2 fully saturated rings. The summed E-state index contributed by atoms with van der Waals surface area (Å²) >= 11 is 0. The second kappa shape index (κ2) is 7.95. The fourth-order valence-corrected chi connectivity index (χ4v) is 3.71. The fraction of sp³-hybridized carbons (Fsp3) is 0.579. The topological polar surface area (TPSA) is 52.7 Å². The van der Waals surface area contributed by atoms with Gasteiger partial charge < -0.3 is 10.2 Å². The Labute approximate surface area is 148 Å². The first-order valence-corrected chi connectivity index (χ1v) is 9.14. The lowest BCUT2D eigenvalue weighted by Crippen LogP contribution is -2.48. The third-order valence-corrected chi connectivity index (χ3v) is 5.32. The molecule has 5 nitrogen and oxygen atoms in total. The number of nitrogens with zero attached hydrogens (tertiary/aromatic N) is 2. The van der Waals surface area contributed by atoms with Crippen LogP contribution in [-0.4, -0.2) is 53.8 Å². The van der Waals surface area contributed by atoms with Crippen molar-refractivity contribution in [2.24, 2.45) is 5.92 Å². The smallest absolute Gasteiger partial charge is 0.241 e. The molecule has 1 N–H and O–H groups in total. The van der Waals surface area contributed by atoms with Crippen molar-refractivity contribution in [2.45, 2.75) is 38.6 Å². The van der Waals surface area contributed by atoms with Crippen molar-refractivity contribution in [3.63, 3.8) is 0 Å². The van der Waals surface area contributed by atoms with Crippen molar-refractivity contribution < 1.29 is 14.0 Å². The Morgan fingerprint density at radius 1 is 1.16 bits per heavy atom. The van der Waals surface area contributed by atoms with Gasteiger partial charge >= 0.3 is 0 Å². The van der Waals surface area contributed by atoms with Gasteiger partial charge in [0.2, 0.25) is 11.8 Å². The molecule has 2 aliphatic rings. The summed E-state index contributed by atoms with van der Waals surface area (Å²) < 4.78 is 13.2. The molecular formula is C19H26FN3O2. The van der Waals surface area contributed by atoms with E-state index in [9.17, 15) is 14.0 Å². The lowest BCUT2D eigenvalue weighted by Gasteiger charge is -2.36. The number of benzene rings is 1. The summed E-state index contributed by atoms with van der Waals surface area (Å²) in [6.07, 6.45) is 3.82. The quantitative estimate of drug-likeness (QED) is 0.910. The van der Waals surface area contributed by atoms with Crippen LogP contribution in [0.4, 0.5) is 10.1 Å². The molecule has 1 aromatic carbocycles. The SMILES string of the molecule is C[C@@H](C(=O)Nc1cccc(F)c1)N1CCC(C(=O)N2CCCC2)CC1. The molecule has 0 saturated carbocycles. The number of amides is 2. The van der Waals surface area contributed by atoms with Gasteiger partial charge in [-0.05, 0) is 63.9 Å². The Kier molecular flexibility index (Phi) is 5.68. The Bertz CT molecular complexity index is 623. The molecule has 2 saturated heterocycles. The highest BCUT2D eigenvalue weighted by Gasteiger charge is 2.32. The molecular weight excluding hydrogens is 321 g/mol. The number of carbonyl (C=O) groups excluding carboxylic acids is 2. The molecule has 2 aliphatic heterocycles. The molecule has 0 spiro atoms. The minimum Gasteiger partial charge on any atom is -0.342 e. The molecule has 3 rings (SSSR count). The number of halogens is 1. The van der Waals surface area contributed by atoms with Crippen molar-refractivity contribution in [3.8, 4) is 0 Å². The molecule has 6 heteroatoms. The first-order chi connectivity index (χ1) is 12.0. The maximum Gasteiger partial charge on any atom is 0.241 e. The maximum atomic E-state index is 13.2. The number of piperidine rings is 1. The van der Waals surface area contributed by atoms with E-state index < -0.39 is 0 Å². The number of carbonyl (C=O) groups is 2. The minimum atomic E-state index is -0.369. The second-order valence-electron chi connectivity index (χ2n) is 7.02. The lowest BCUT2D eigenvalue weighted by molar-refractivity contribution is -0.136. The number of nitrogens with one attached hydrogen (secondary N) is 1. The lowest BCUT2D eigenvalue weighted by atomic mass is 9.94. The van der Waals surface area contributed by atoms with Gasteiger partial charge in [-0.1, -0.05) is 6.07 Å². The zero-order valence-electron chi connectivity index (χ0n) is 14.7. The molecule has 0 unspecified atom stereocenters. The van der Waals surface area contributed by atoms with E-state index >= 15 is 0 Å². The molecule has 0 aromatic heterocycles. The standard InChI is InChI=1S/C19H26FN3O2/c1-14(18(24)21-17-6-4-5-16(20)13-17)22-11-7-15(8-12-22)19(25)23-9-2-3-10-23/h4-6,13-15H,2-3,7-12H2,1H3,(H,21,24)/t14-/m0/s1. The van der Waals surface area contributed by atoms with Crippen LogP contribution < -0.4 is 5.32 Å². The van der Waals surface area contributed by atoms with Gasteiger partial charge in [0.05, 0.1) is 6.04 Å². The third-order valence-electron chi connectivity index (χ3n) is 5.32. The van der Waals surface area contributed by atoms with E-state index in [0.717, 1.165) is 51.9 Å². The number of rotatable bonds is 4. The molecule has 1 atom stereocenters. The molecule has 2 amide bonds. The van der Waals surface area contributed by atoms with Crippen molar-refractivity contribution in [1.82, 2.24) is 9.80 Å². The highest BCUT2D eigenvalue weighted by Crippen LogP contribution is 2.23. The number of hydrogen-bond donors (Lipinski definition) is 1. The van der Waals surface area contributed by atoms with E-state index in [1.54, 1.807) is 12.1 Å².